The van der Waals surface area contributed by atoms with Crippen molar-refractivity contribution in [3.05, 3.63) is 92.4 Å². The van der Waals surface area contributed by atoms with Gasteiger partial charge in [0.15, 0.2) is 6.10 Å². The highest BCUT2D eigenvalue weighted by atomic mass is 35.5. The highest BCUT2D eigenvalue weighted by molar-refractivity contribution is 7.98. The molecule has 32 heavy (non-hydrogen) atoms. The van der Waals surface area contributed by atoms with Gasteiger partial charge in [0.2, 0.25) is 11.1 Å². The Morgan fingerprint density at radius 1 is 1.19 bits per heavy atom. The van der Waals surface area contributed by atoms with E-state index in [2.05, 4.69) is 16.4 Å². The van der Waals surface area contributed by atoms with E-state index in [4.69, 9.17) is 21.4 Å². The third kappa shape index (κ3) is 3.13. The number of rotatable bonds is 3. The number of thiophene rings is 1. The Morgan fingerprint density at radius 3 is 2.78 bits per heavy atom. The zero-order chi connectivity index (χ0) is 21.8. The van der Waals surface area contributed by atoms with Crippen molar-refractivity contribution in [2.24, 2.45) is 0 Å². The largest absolute Gasteiger partial charge is 0.480 e. The van der Waals surface area contributed by atoms with Crippen LogP contribution < -0.4 is 10.1 Å². The Kier molecular flexibility index (Phi) is 4.74. The minimum atomic E-state index is -0.337. The van der Waals surface area contributed by atoms with Crippen molar-refractivity contribution in [2.75, 3.05) is 11.6 Å². The molecule has 0 spiro atoms. The van der Waals surface area contributed by atoms with Gasteiger partial charge in [-0.05, 0) is 53.6 Å². The lowest BCUT2D eigenvalue weighted by molar-refractivity contribution is 0.226. The number of benzene rings is 2. The summed E-state index contributed by atoms with van der Waals surface area (Å²) in [5, 5.41) is 11.5. The summed E-state index contributed by atoms with van der Waals surface area (Å²) in [6.45, 7) is 0. The average Bonchev–Trinajstić information content (AvgIpc) is 3.48. The van der Waals surface area contributed by atoms with E-state index < -0.39 is 0 Å². The van der Waals surface area contributed by atoms with E-state index in [9.17, 15) is 4.39 Å². The summed E-state index contributed by atoms with van der Waals surface area (Å²) >= 11 is 9.46. The van der Waals surface area contributed by atoms with E-state index >= 15 is 0 Å². The first kappa shape index (κ1) is 19.8. The average molecular weight is 483 g/mol. The fourth-order valence-corrected chi connectivity index (χ4v) is 5.50. The molecule has 0 saturated carbocycles. The second kappa shape index (κ2) is 7.65. The van der Waals surface area contributed by atoms with Gasteiger partial charge in [-0.15, -0.1) is 16.4 Å². The molecule has 1 N–H and O–H groups in total. The van der Waals surface area contributed by atoms with Gasteiger partial charge in [-0.25, -0.2) is 9.07 Å². The molecular weight excluding hydrogens is 467 g/mol. The monoisotopic (exact) mass is 482 g/mol. The zero-order valence-electron chi connectivity index (χ0n) is 16.8. The zero-order valence-corrected chi connectivity index (χ0v) is 19.1. The van der Waals surface area contributed by atoms with Crippen molar-refractivity contribution in [3.63, 3.8) is 0 Å². The number of nitrogens with zero attached hydrogens (tertiary/aromatic N) is 3. The molecule has 2 aliphatic rings. The summed E-state index contributed by atoms with van der Waals surface area (Å²) in [5.74, 6) is 1.09. The normalized spacial score (nSPS) is 19.0. The highest BCUT2D eigenvalue weighted by Crippen LogP contribution is 2.51. The molecular formula is C23H16ClFN4OS2. The van der Waals surface area contributed by atoms with Gasteiger partial charge in [-0.1, -0.05) is 41.6 Å². The van der Waals surface area contributed by atoms with Gasteiger partial charge in [0.05, 0.1) is 5.70 Å². The first-order chi connectivity index (χ1) is 15.6. The predicted molar refractivity (Wildman–Crippen MR) is 126 cm³/mol. The number of thioether (sulfide) groups is 1. The van der Waals surface area contributed by atoms with E-state index in [0.29, 0.717) is 16.1 Å². The van der Waals surface area contributed by atoms with Gasteiger partial charge in [-0.2, -0.15) is 4.98 Å². The van der Waals surface area contributed by atoms with Crippen molar-refractivity contribution in [3.8, 4) is 5.75 Å². The van der Waals surface area contributed by atoms with Gasteiger partial charge in [0.25, 0.3) is 0 Å². The van der Waals surface area contributed by atoms with Crippen LogP contribution in [-0.4, -0.2) is 21.0 Å². The Bertz CT molecular complexity index is 1350. The van der Waals surface area contributed by atoms with E-state index in [0.717, 1.165) is 33.0 Å². The van der Waals surface area contributed by atoms with Crippen LogP contribution in [0.4, 0.5) is 10.3 Å². The molecule has 160 valence electrons. The molecule has 2 aromatic heterocycles. The first-order valence-electron chi connectivity index (χ1n) is 9.89. The smallest absolute Gasteiger partial charge is 0.227 e. The van der Waals surface area contributed by atoms with Crippen LogP contribution >= 0.6 is 34.7 Å². The molecule has 2 atom stereocenters. The fraction of sp³-hybridized carbons (Fsp3) is 0.130. The molecule has 5 nitrogen and oxygen atoms in total. The van der Waals surface area contributed by atoms with Crippen LogP contribution in [0.3, 0.4) is 0 Å². The van der Waals surface area contributed by atoms with Crippen molar-refractivity contribution in [1.29, 1.82) is 0 Å². The lowest BCUT2D eigenvalue weighted by Gasteiger charge is -2.38. The number of nitrogens with one attached hydrogen (secondary N) is 1. The third-order valence-corrected chi connectivity index (χ3v) is 7.27. The Labute approximate surface area is 196 Å². The third-order valence-electron chi connectivity index (χ3n) is 5.58. The van der Waals surface area contributed by atoms with Crippen molar-refractivity contribution >= 4 is 46.3 Å². The second-order valence-electron chi connectivity index (χ2n) is 7.43. The van der Waals surface area contributed by atoms with E-state index in [-0.39, 0.29) is 18.0 Å². The summed E-state index contributed by atoms with van der Waals surface area (Å²) in [7, 11) is 0. The maximum absolute atomic E-state index is 13.8. The summed E-state index contributed by atoms with van der Waals surface area (Å²) in [4.78, 5) is 5.73. The second-order valence-corrected chi connectivity index (χ2v) is 9.62. The molecule has 2 aromatic carbocycles. The Balaban J connectivity index is 1.64. The molecule has 0 amide bonds. The van der Waals surface area contributed by atoms with Gasteiger partial charge in [0, 0.05) is 21.0 Å². The molecule has 4 aromatic rings. The summed E-state index contributed by atoms with van der Waals surface area (Å²) in [5.41, 5.74) is 3.65. The van der Waals surface area contributed by atoms with Crippen LogP contribution in [-0.2, 0) is 0 Å². The van der Waals surface area contributed by atoms with Crippen molar-refractivity contribution in [1.82, 2.24) is 14.8 Å². The number of aromatic nitrogens is 3. The molecule has 9 heteroatoms. The summed E-state index contributed by atoms with van der Waals surface area (Å²) in [6, 6.07) is 15.9. The van der Waals surface area contributed by atoms with Crippen molar-refractivity contribution in [2.45, 2.75) is 17.3 Å². The highest BCUT2D eigenvalue weighted by Gasteiger charge is 2.41. The molecule has 0 unspecified atom stereocenters. The van der Waals surface area contributed by atoms with Crippen LogP contribution in [0.15, 0.2) is 70.7 Å². The first-order valence-corrected chi connectivity index (χ1v) is 12.4. The lowest BCUT2D eigenvalue weighted by atomic mass is 9.86. The number of ether oxygens (including phenoxy) is 1. The number of anilines is 1. The quantitative estimate of drug-likeness (QED) is 0.342. The summed E-state index contributed by atoms with van der Waals surface area (Å²) in [6.07, 6.45) is 1.60. The fourth-order valence-electron chi connectivity index (χ4n) is 4.21. The maximum atomic E-state index is 13.8. The van der Waals surface area contributed by atoms with E-state index in [1.54, 1.807) is 23.5 Å². The van der Waals surface area contributed by atoms with Crippen LogP contribution in [0.2, 0.25) is 5.02 Å². The van der Waals surface area contributed by atoms with E-state index in [1.807, 2.05) is 40.6 Å². The molecule has 0 radical (unpaired) electrons. The minimum Gasteiger partial charge on any atom is -0.480 e. The SMILES string of the molecule is CSc1nc2n(n1)[C@@H](c1ccc(F)cc1)C1=C(N2)c2cc(Cl)ccc2O[C@@H]1c1cccs1. The van der Waals surface area contributed by atoms with Crippen LogP contribution in [0, 0.1) is 5.82 Å². The van der Waals surface area contributed by atoms with E-state index in [1.165, 1.54) is 23.9 Å². The van der Waals surface area contributed by atoms with Gasteiger partial charge in [-0.3, -0.25) is 0 Å². The topological polar surface area (TPSA) is 52.0 Å². The number of halogens is 2. The number of fused-ring (bicyclic) bond motifs is 3. The molecule has 6 rings (SSSR count). The molecule has 0 aliphatic carbocycles. The molecule has 0 saturated heterocycles. The molecule has 2 aliphatic heterocycles. The minimum absolute atomic E-state index is 0.285. The lowest BCUT2D eigenvalue weighted by Crippen LogP contribution is -2.32. The predicted octanol–water partition coefficient (Wildman–Crippen LogP) is 6.41. The Morgan fingerprint density at radius 2 is 2.03 bits per heavy atom. The van der Waals surface area contributed by atoms with Gasteiger partial charge >= 0.3 is 0 Å². The Hall–Kier alpha value is -2.81. The van der Waals surface area contributed by atoms with Crippen molar-refractivity contribution < 1.29 is 9.13 Å². The standard InChI is InChI=1S/C23H16ClFN4OS2/c1-31-23-27-22-26-19-15-11-13(24)6-9-16(15)30-21(17-3-2-10-32-17)18(19)20(29(22)28-23)12-4-7-14(25)8-5-12/h2-11,20-21H,1H3,(H,26,27,28)/t20-,21+/m0/s1. The van der Waals surface area contributed by atoms with Gasteiger partial charge < -0.3 is 10.1 Å². The van der Waals surface area contributed by atoms with Crippen LogP contribution in [0.25, 0.3) is 5.70 Å². The number of hydrogen-bond donors (Lipinski definition) is 1. The molecule has 4 heterocycles. The molecule has 0 bridgehead atoms. The van der Waals surface area contributed by atoms with Crippen LogP contribution in [0.5, 0.6) is 5.75 Å². The number of hydrogen-bond acceptors (Lipinski definition) is 6. The molecule has 0 fully saturated rings. The van der Waals surface area contributed by atoms with Crippen LogP contribution in [0.1, 0.15) is 28.1 Å². The maximum Gasteiger partial charge on any atom is 0.227 e. The summed E-state index contributed by atoms with van der Waals surface area (Å²) < 4.78 is 22.2. The van der Waals surface area contributed by atoms with Gasteiger partial charge in [0.1, 0.15) is 17.6 Å².